The van der Waals surface area contributed by atoms with E-state index in [1.54, 1.807) is 11.0 Å². The molecule has 0 saturated carbocycles. The summed E-state index contributed by atoms with van der Waals surface area (Å²) in [6.07, 6.45) is 5.18. The van der Waals surface area contributed by atoms with Gasteiger partial charge in [0.2, 0.25) is 11.8 Å². The van der Waals surface area contributed by atoms with Gasteiger partial charge in [0.1, 0.15) is 5.82 Å². The lowest BCUT2D eigenvalue weighted by Crippen LogP contribution is -2.19. The molecule has 0 radical (unpaired) electrons. The van der Waals surface area contributed by atoms with Gasteiger partial charge in [-0.3, -0.25) is 0 Å². The monoisotopic (exact) mass is 192 g/mol. The van der Waals surface area contributed by atoms with Crippen LogP contribution in [0.15, 0.2) is 6.07 Å². The van der Waals surface area contributed by atoms with Gasteiger partial charge in [0, 0.05) is 13.1 Å². The van der Waals surface area contributed by atoms with Crippen LogP contribution < -0.4 is 15.4 Å². The van der Waals surface area contributed by atoms with Crippen LogP contribution in [0.2, 0.25) is 0 Å². The fourth-order valence-electron chi connectivity index (χ4n) is 0.948. The second kappa shape index (κ2) is 4.33. The lowest BCUT2D eigenvalue weighted by atomic mass is 10.5. The molecule has 2 N–H and O–H groups in total. The van der Waals surface area contributed by atoms with Crippen molar-refractivity contribution in [3.63, 3.8) is 0 Å². The van der Waals surface area contributed by atoms with Gasteiger partial charge >= 0.3 is 0 Å². The first-order chi connectivity index (χ1) is 6.67. The third-order valence-electron chi connectivity index (χ3n) is 1.64. The van der Waals surface area contributed by atoms with Gasteiger partial charge in [0.25, 0.3) is 0 Å². The molecule has 14 heavy (non-hydrogen) atoms. The van der Waals surface area contributed by atoms with Gasteiger partial charge in [-0.15, -0.1) is 6.42 Å². The lowest BCUT2D eigenvalue weighted by Gasteiger charge is -2.15. The van der Waals surface area contributed by atoms with Crippen LogP contribution in [0.5, 0.6) is 5.88 Å². The van der Waals surface area contributed by atoms with Crippen molar-refractivity contribution in [2.45, 2.75) is 0 Å². The Hall–Kier alpha value is -1.96. The first kappa shape index (κ1) is 10.1. The molecule has 0 aliphatic carbocycles. The molecule has 0 aromatic carbocycles. The van der Waals surface area contributed by atoms with Gasteiger partial charge in [0.15, 0.2) is 0 Å². The molecule has 0 aliphatic rings. The SMILES string of the molecule is C#CCN(C)c1cc(OC)nc(N)n1. The molecule has 1 rings (SSSR count). The molecule has 0 unspecified atom stereocenters. The summed E-state index contributed by atoms with van der Waals surface area (Å²) in [5.41, 5.74) is 5.49. The number of nitrogens with two attached hydrogens (primary N) is 1. The molecule has 1 heterocycles. The average molecular weight is 192 g/mol. The standard InChI is InChI=1S/C9H12N4O/c1-4-5-13(2)7-6-8(14-3)12-9(10)11-7/h1,6H,5H2,2-3H3,(H2,10,11,12). The Morgan fingerprint density at radius 1 is 1.64 bits per heavy atom. The first-order valence-corrected chi connectivity index (χ1v) is 4.00. The number of anilines is 2. The minimum absolute atomic E-state index is 0.170. The number of nitrogens with zero attached hydrogens (tertiary/aromatic N) is 3. The Bertz CT molecular complexity index is 358. The van der Waals surface area contributed by atoms with E-state index in [4.69, 9.17) is 16.9 Å². The van der Waals surface area contributed by atoms with Crippen LogP contribution in [0.3, 0.4) is 0 Å². The van der Waals surface area contributed by atoms with Crippen molar-refractivity contribution in [1.82, 2.24) is 9.97 Å². The molecule has 1 aromatic heterocycles. The summed E-state index contributed by atoms with van der Waals surface area (Å²) in [5.74, 6) is 3.75. The number of hydrogen-bond donors (Lipinski definition) is 1. The fraction of sp³-hybridized carbons (Fsp3) is 0.333. The maximum absolute atomic E-state index is 5.49. The molecule has 0 saturated heterocycles. The third kappa shape index (κ3) is 2.26. The number of aromatic nitrogens is 2. The number of terminal acetylenes is 1. The molecule has 0 spiro atoms. The Kier molecular flexibility index (Phi) is 3.13. The van der Waals surface area contributed by atoms with E-state index in [1.165, 1.54) is 7.11 Å². The fourth-order valence-corrected chi connectivity index (χ4v) is 0.948. The molecule has 0 bridgehead atoms. The summed E-state index contributed by atoms with van der Waals surface area (Å²) in [7, 11) is 3.34. The second-order valence-corrected chi connectivity index (χ2v) is 2.69. The smallest absolute Gasteiger partial charge is 0.225 e. The van der Waals surface area contributed by atoms with Crippen LogP contribution in [-0.2, 0) is 0 Å². The van der Waals surface area contributed by atoms with Gasteiger partial charge < -0.3 is 15.4 Å². The maximum Gasteiger partial charge on any atom is 0.225 e. The summed E-state index contributed by atoms with van der Waals surface area (Å²) in [6.45, 7) is 0.458. The largest absolute Gasteiger partial charge is 0.481 e. The third-order valence-corrected chi connectivity index (χ3v) is 1.64. The Morgan fingerprint density at radius 3 is 2.93 bits per heavy atom. The molecule has 5 nitrogen and oxygen atoms in total. The van der Waals surface area contributed by atoms with Gasteiger partial charge in [0.05, 0.1) is 13.7 Å². The Morgan fingerprint density at radius 2 is 2.36 bits per heavy atom. The van der Waals surface area contributed by atoms with Gasteiger partial charge in [-0.2, -0.15) is 9.97 Å². The van der Waals surface area contributed by atoms with E-state index >= 15 is 0 Å². The first-order valence-electron chi connectivity index (χ1n) is 4.00. The summed E-state index contributed by atoms with van der Waals surface area (Å²) in [5, 5.41) is 0. The van der Waals surface area contributed by atoms with Crippen molar-refractivity contribution in [3.05, 3.63) is 6.07 Å². The summed E-state index contributed by atoms with van der Waals surface area (Å²) < 4.78 is 4.95. The van der Waals surface area contributed by atoms with Crippen molar-refractivity contribution in [2.24, 2.45) is 0 Å². The van der Waals surface area contributed by atoms with E-state index < -0.39 is 0 Å². The predicted molar refractivity (Wildman–Crippen MR) is 55.1 cm³/mol. The number of ether oxygens (including phenoxy) is 1. The molecule has 0 fully saturated rings. The molecule has 1 aromatic rings. The average Bonchev–Trinajstić information content (AvgIpc) is 2.17. The van der Waals surface area contributed by atoms with Crippen molar-refractivity contribution in [3.8, 4) is 18.2 Å². The zero-order valence-corrected chi connectivity index (χ0v) is 8.19. The summed E-state index contributed by atoms with van der Waals surface area (Å²) in [4.78, 5) is 9.66. The van der Waals surface area contributed by atoms with Crippen molar-refractivity contribution in [1.29, 1.82) is 0 Å². The molecule has 0 amide bonds. The van der Waals surface area contributed by atoms with E-state index in [2.05, 4.69) is 15.9 Å². The number of hydrogen-bond acceptors (Lipinski definition) is 5. The zero-order valence-electron chi connectivity index (χ0n) is 8.19. The van der Waals surface area contributed by atoms with Crippen LogP contribution in [0, 0.1) is 12.3 Å². The van der Waals surface area contributed by atoms with Crippen LogP contribution in [0.4, 0.5) is 11.8 Å². The molecular weight excluding hydrogens is 180 g/mol. The van der Waals surface area contributed by atoms with E-state index in [9.17, 15) is 0 Å². The predicted octanol–water partition coefficient (Wildman–Crippen LogP) is 0.137. The summed E-state index contributed by atoms with van der Waals surface area (Å²) >= 11 is 0. The van der Waals surface area contributed by atoms with Crippen molar-refractivity contribution in [2.75, 3.05) is 31.3 Å². The number of nitrogen functional groups attached to an aromatic ring is 1. The van der Waals surface area contributed by atoms with Crippen LogP contribution in [-0.4, -0.2) is 30.7 Å². The van der Waals surface area contributed by atoms with E-state index in [0.717, 1.165) is 0 Å². The highest BCUT2D eigenvalue weighted by atomic mass is 16.5. The van der Waals surface area contributed by atoms with E-state index in [0.29, 0.717) is 18.2 Å². The maximum atomic E-state index is 5.49. The Balaban J connectivity index is 2.97. The van der Waals surface area contributed by atoms with Crippen molar-refractivity contribution < 1.29 is 4.74 Å². The summed E-state index contributed by atoms with van der Waals surface area (Å²) in [6, 6.07) is 1.67. The molecule has 5 heteroatoms. The lowest BCUT2D eigenvalue weighted by molar-refractivity contribution is 0.398. The normalized spacial score (nSPS) is 9.21. The Labute approximate surface area is 82.9 Å². The van der Waals surface area contributed by atoms with Crippen molar-refractivity contribution >= 4 is 11.8 Å². The van der Waals surface area contributed by atoms with Crippen LogP contribution in [0.1, 0.15) is 0 Å². The minimum atomic E-state index is 0.170. The van der Waals surface area contributed by atoms with Crippen LogP contribution in [0.25, 0.3) is 0 Å². The topological polar surface area (TPSA) is 64.3 Å². The molecule has 74 valence electrons. The second-order valence-electron chi connectivity index (χ2n) is 2.69. The molecule has 0 aliphatic heterocycles. The highest BCUT2D eigenvalue weighted by Crippen LogP contribution is 2.16. The molecular formula is C9H12N4O. The van der Waals surface area contributed by atoms with E-state index in [-0.39, 0.29) is 5.95 Å². The van der Waals surface area contributed by atoms with Gasteiger partial charge in [-0.05, 0) is 0 Å². The van der Waals surface area contributed by atoms with Gasteiger partial charge in [-0.1, -0.05) is 5.92 Å². The minimum Gasteiger partial charge on any atom is -0.481 e. The zero-order chi connectivity index (χ0) is 10.6. The highest BCUT2D eigenvalue weighted by Gasteiger charge is 2.05. The van der Waals surface area contributed by atoms with Gasteiger partial charge in [-0.25, -0.2) is 0 Å². The molecule has 0 atom stereocenters. The highest BCUT2D eigenvalue weighted by molar-refractivity contribution is 5.45. The number of methoxy groups -OCH3 is 1. The van der Waals surface area contributed by atoms with Crippen LogP contribution >= 0.6 is 0 Å². The quantitative estimate of drug-likeness (QED) is 0.690. The van der Waals surface area contributed by atoms with E-state index in [1.807, 2.05) is 7.05 Å². The number of rotatable bonds is 3.